The van der Waals surface area contributed by atoms with Crippen molar-refractivity contribution in [2.75, 3.05) is 4.90 Å². The molecule has 10 aromatic rings. The third kappa shape index (κ3) is 4.02. The number of anilines is 3. The van der Waals surface area contributed by atoms with Crippen LogP contribution in [0.3, 0.4) is 0 Å². The smallest absolute Gasteiger partial charge is 0.252 e. The fourth-order valence-corrected chi connectivity index (χ4v) is 8.41. The Labute approximate surface area is 294 Å². The molecular weight excluding hydrogens is 623 g/mol. The van der Waals surface area contributed by atoms with Crippen LogP contribution in [0.5, 0.6) is 0 Å². The van der Waals surface area contributed by atoms with Crippen LogP contribution in [0.2, 0.25) is 0 Å². The monoisotopic (exact) mass is 652 g/mol. The SMILES string of the molecule is c1ccc(N2c3c(c4ccccc4n3-c3ccccc3)B(c3ccc4oc5ccncc5c4c3)c3c2n(-c2ccccc2)c2ccccc32)cc1. The van der Waals surface area contributed by atoms with Crippen LogP contribution < -0.4 is 21.3 Å². The van der Waals surface area contributed by atoms with Gasteiger partial charge in [0.05, 0.1) is 11.0 Å². The Morgan fingerprint density at radius 3 is 1.55 bits per heavy atom. The predicted octanol–water partition coefficient (Wildman–Crippen LogP) is 9.17. The summed E-state index contributed by atoms with van der Waals surface area (Å²) in [5.74, 6) is 2.26. The molecule has 6 heteroatoms. The van der Waals surface area contributed by atoms with Gasteiger partial charge in [-0.2, -0.15) is 0 Å². The number of fused-ring (bicyclic) bond motifs is 9. The van der Waals surface area contributed by atoms with Crippen molar-refractivity contribution in [2.24, 2.45) is 0 Å². The number of benzene rings is 6. The van der Waals surface area contributed by atoms with Gasteiger partial charge in [-0.3, -0.25) is 19.0 Å². The number of hydrogen-bond acceptors (Lipinski definition) is 3. The molecule has 0 saturated carbocycles. The van der Waals surface area contributed by atoms with Gasteiger partial charge >= 0.3 is 0 Å². The molecule has 6 aromatic carbocycles. The van der Waals surface area contributed by atoms with Crippen molar-refractivity contribution < 1.29 is 4.42 Å². The highest BCUT2D eigenvalue weighted by atomic mass is 16.3. The van der Waals surface area contributed by atoms with E-state index >= 15 is 0 Å². The van der Waals surface area contributed by atoms with Gasteiger partial charge in [0.2, 0.25) is 0 Å². The van der Waals surface area contributed by atoms with Crippen LogP contribution in [0.15, 0.2) is 181 Å². The van der Waals surface area contributed by atoms with E-state index in [4.69, 9.17) is 4.42 Å². The van der Waals surface area contributed by atoms with Gasteiger partial charge in [0.25, 0.3) is 6.71 Å². The molecule has 0 spiro atoms. The normalized spacial score (nSPS) is 12.6. The lowest BCUT2D eigenvalue weighted by Crippen LogP contribution is -2.57. The van der Waals surface area contributed by atoms with Crippen molar-refractivity contribution in [3.05, 3.63) is 176 Å². The molecule has 4 aromatic heterocycles. The molecule has 0 bridgehead atoms. The second-order valence-electron chi connectivity index (χ2n) is 13.2. The van der Waals surface area contributed by atoms with Crippen molar-refractivity contribution in [2.45, 2.75) is 0 Å². The van der Waals surface area contributed by atoms with Gasteiger partial charge in [-0.15, -0.1) is 0 Å². The van der Waals surface area contributed by atoms with Crippen LogP contribution in [0.4, 0.5) is 17.3 Å². The predicted molar refractivity (Wildman–Crippen MR) is 211 cm³/mol. The summed E-state index contributed by atoms with van der Waals surface area (Å²) in [5, 5.41) is 4.55. The Morgan fingerprint density at radius 1 is 0.451 bits per heavy atom. The highest BCUT2D eigenvalue weighted by Crippen LogP contribution is 2.44. The van der Waals surface area contributed by atoms with Crippen molar-refractivity contribution in [3.63, 3.8) is 0 Å². The first kappa shape index (κ1) is 28.1. The van der Waals surface area contributed by atoms with Crippen LogP contribution >= 0.6 is 0 Å². The molecule has 5 heterocycles. The number of furan rings is 1. The molecule has 0 aliphatic carbocycles. The van der Waals surface area contributed by atoms with Gasteiger partial charge < -0.3 is 4.42 Å². The number of aromatic nitrogens is 3. The van der Waals surface area contributed by atoms with E-state index in [0.717, 1.165) is 50.6 Å². The first-order valence-corrected chi connectivity index (χ1v) is 17.3. The van der Waals surface area contributed by atoms with E-state index in [-0.39, 0.29) is 6.71 Å². The first-order valence-electron chi connectivity index (χ1n) is 17.3. The van der Waals surface area contributed by atoms with Crippen molar-refractivity contribution in [1.29, 1.82) is 0 Å². The second-order valence-corrected chi connectivity index (χ2v) is 13.2. The molecule has 0 fully saturated rings. The summed E-state index contributed by atoms with van der Waals surface area (Å²) in [4.78, 5) is 6.97. The third-order valence-corrected chi connectivity index (χ3v) is 10.4. The lowest BCUT2D eigenvalue weighted by Gasteiger charge is -2.36. The Kier molecular flexibility index (Phi) is 5.98. The molecule has 0 unspecified atom stereocenters. The van der Waals surface area contributed by atoms with Gasteiger partial charge in [0.1, 0.15) is 22.8 Å². The highest BCUT2D eigenvalue weighted by molar-refractivity contribution is 7.01. The van der Waals surface area contributed by atoms with Gasteiger partial charge in [0, 0.05) is 40.2 Å². The van der Waals surface area contributed by atoms with Gasteiger partial charge in [-0.05, 0) is 82.4 Å². The first-order chi connectivity index (χ1) is 25.3. The largest absolute Gasteiger partial charge is 0.456 e. The number of hydrogen-bond donors (Lipinski definition) is 0. The standard InChI is InChI=1S/C45H29BN4O/c1-4-14-31(15-5-1)48-38-22-12-10-20-34(38)42-44(48)50(33-18-8-3-9-19-33)45-43(35-21-11-13-23-39(35)49(45)32-16-6-2-7-17-32)46(42)30-24-25-40-36(28-30)37-29-47-27-26-41(37)51-40/h1-29H. The minimum atomic E-state index is -0.106. The summed E-state index contributed by atoms with van der Waals surface area (Å²) in [7, 11) is 0. The second kappa shape index (κ2) is 10.9. The summed E-state index contributed by atoms with van der Waals surface area (Å²) in [6.07, 6.45) is 3.71. The molecule has 0 radical (unpaired) electrons. The van der Waals surface area contributed by atoms with Crippen molar-refractivity contribution in [3.8, 4) is 11.4 Å². The summed E-state index contributed by atoms with van der Waals surface area (Å²) >= 11 is 0. The van der Waals surface area contributed by atoms with E-state index in [9.17, 15) is 0 Å². The summed E-state index contributed by atoms with van der Waals surface area (Å²) in [5.41, 5.74) is 11.1. The zero-order valence-electron chi connectivity index (χ0n) is 27.5. The zero-order chi connectivity index (χ0) is 33.5. The van der Waals surface area contributed by atoms with Crippen molar-refractivity contribution >= 4 is 84.2 Å². The minimum absolute atomic E-state index is 0.106. The maximum atomic E-state index is 6.32. The molecule has 51 heavy (non-hydrogen) atoms. The molecule has 0 atom stereocenters. The zero-order valence-corrected chi connectivity index (χ0v) is 27.5. The Morgan fingerprint density at radius 2 is 0.961 bits per heavy atom. The van der Waals surface area contributed by atoms with Crippen LogP contribution in [0, 0.1) is 0 Å². The average molecular weight is 653 g/mol. The maximum Gasteiger partial charge on any atom is 0.252 e. The van der Waals surface area contributed by atoms with Crippen LogP contribution in [-0.2, 0) is 0 Å². The fourth-order valence-electron chi connectivity index (χ4n) is 8.41. The van der Waals surface area contributed by atoms with E-state index in [1.807, 2.05) is 12.3 Å². The average Bonchev–Trinajstić information content (AvgIpc) is 3.86. The number of rotatable bonds is 4. The molecule has 0 N–H and O–H groups in total. The molecule has 1 aliphatic rings. The summed E-state index contributed by atoms with van der Waals surface area (Å²) < 4.78 is 11.2. The fraction of sp³-hybridized carbons (Fsp3) is 0. The number of pyridine rings is 1. The number of para-hydroxylation sites is 5. The van der Waals surface area contributed by atoms with Crippen LogP contribution in [0.1, 0.15) is 0 Å². The Balaban J connectivity index is 1.36. The van der Waals surface area contributed by atoms with Crippen molar-refractivity contribution in [1.82, 2.24) is 14.1 Å². The molecule has 5 nitrogen and oxygen atoms in total. The third-order valence-electron chi connectivity index (χ3n) is 10.4. The Bertz CT molecular complexity index is 2800. The van der Waals surface area contributed by atoms with Gasteiger partial charge in [-0.25, -0.2) is 0 Å². The number of nitrogens with zero attached hydrogens (tertiary/aromatic N) is 4. The molecule has 238 valence electrons. The lowest BCUT2D eigenvalue weighted by atomic mass is 9.35. The van der Waals surface area contributed by atoms with Crippen LogP contribution in [-0.4, -0.2) is 20.8 Å². The molecule has 0 amide bonds. The van der Waals surface area contributed by atoms with Gasteiger partial charge in [-0.1, -0.05) is 109 Å². The van der Waals surface area contributed by atoms with Gasteiger partial charge in [0.15, 0.2) is 0 Å². The summed E-state index contributed by atoms with van der Waals surface area (Å²) in [6.45, 7) is -0.106. The Hall–Kier alpha value is -6.79. The molecule has 11 rings (SSSR count). The van der Waals surface area contributed by atoms with E-state index in [1.165, 1.54) is 38.2 Å². The minimum Gasteiger partial charge on any atom is -0.456 e. The topological polar surface area (TPSA) is 39.1 Å². The maximum absolute atomic E-state index is 6.32. The molecule has 0 saturated heterocycles. The van der Waals surface area contributed by atoms with E-state index in [0.29, 0.717) is 0 Å². The summed E-state index contributed by atoms with van der Waals surface area (Å²) in [6, 6.07) is 58.8. The van der Waals surface area contributed by atoms with E-state index < -0.39 is 0 Å². The van der Waals surface area contributed by atoms with E-state index in [1.54, 1.807) is 6.20 Å². The van der Waals surface area contributed by atoms with Crippen LogP contribution in [0.25, 0.3) is 55.1 Å². The quantitative estimate of drug-likeness (QED) is 0.178. The lowest BCUT2D eigenvalue weighted by molar-refractivity contribution is 0.668. The molecule has 1 aliphatic heterocycles. The molecular formula is C45H29BN4O. The van der Waals surface area contributed by atoms with E-state index in [2.05, 4.69) is 177 Å². The highest BCUT2D eigenvalue weighted by Gasteiger charge is 2.44.